The lowest BCUT2D eigenvalue weighted by Gasteiger charge is -2.35. The minimum atomic E-state index is 0.161. The van der Waals surface area contributed by atoms with E-state index >= 15 is 0 Å². The molecule has 1 aliphatic rings. The standard InChI is InChI=1S/C20H25ClN4O/c1-14(2)20-22-15(3)12-18(23-20)24-8-10-25(11-9-24)19(26)13-16-4-6-17(21)7-5-16/h4-7,12,14H,8-11,13H2,1-3H3. The molecule has 0 N–H and O–H groups in total. The predicted octanol–water partition coefficient (Wildman–Crippen LogP) is 3.45. The van der Waals surface area contributed by atoms with Crippen LogP contribution in [0, 0.1) is 6.92 Å². The molecule has 0 aliphatic carbocycles. The summed E-state index contributed by atoms with van der Waals surface area (Å²) in [5.41, 5.74) is 1.98. The van der Waals surface area contributed by atoms with Crippen LogP contribution in [0.3, 0.4) is 0 Å². The molecule has 1 saturated heterocycles. The third-order valence-electron chi connectivity index (χ3n) is 4.60. The molecule has 1 aliphatic heterocycles. The molecule has 6 heteroatoms. The highest BCUT2D eigenvalue weighted by atomic mass is 35.5. The summed E-state index contributed by atoms with van der Waals surface area (Å²) >= 11 is 5.90. The Morgan fingerprint density at radius 2 is 1.77 bits per heavy atom. The Labute approximate surface area is 160 Å². The Bertz CT molecular complexity index is 768. The molecule has 0 unspecified atom stereocenters. The van der Waals surface area contributed by atoms with E-state index in [9.17, 15) is 4.79 Å². The highest BCUT2D eigenvalue weighted by Crippen LogP contribution is 2.19. The summed E-state index contributed by atoms with van der Waals surface area (Å²) in [6.45, 7) is 9.22. The number of hydrogen-bond donors (Lipinski definition) is 0. The molecule has 138 valence electrons. The molecule has 0 bridgehead atoms. The van der Waals surface area contributed by atoms with Crippen molar-refractivity contribution in [3.8, 4) is 0 Å². The number of aryl methyl sites for hydroxylation is 1. The van der Waals surface area contributed by atoms with Crippen molar-refractivity contribution in [3.63, 3.8) is 0 Å². The SMILES string of the molecule is Cc1cc(N2CCN(C(=O)Cc3ccc(Cl)cc3)CC2)nc(C(C)C)n1. The second kappa shape index (κ2) is 8.04. The molecule has 1 amide bonds. The van der Waals surface area contributed by atoms with E-state index in [1.54, 1.807) is 0 Å². The molecule has 1 aromatic carbocycles. The zero-order valence-corrected chi connectivity index (χ0v) is 16.3. The molecule has 0 saturated carbocycles. The normalized spacial score (nSPS) is 14.8. The predicted molar refractivity (Wildman–Crippen MR) is 105 cm³/mol. The van der Waals surface area contributed by atoms with Gasteiger partial charge in [0.15, 0.2) is 0 Å². The summed E-state index contributed by atoms with van der Waals surface area (Å²) in [4.78, 5) is 25.9. The Morgan fingerprint density at radius 1 is 1.12 bits per heavy atom. The van der Waals surface area contributed by atoms with Crippen LogP contribution in [-0.4, -0.2) is 47.0 Å². The third kappa shape index (κ3) is 4.52. The van der Waals surface area contributed by atoms with Crippen LogP contribution in [0.2, 0.25) is 5.02 Å². The maximum atomic E-state index is 12.5. The van der Waals surface area contributed by atoms with E-state index in [0.717, 1.165) is 36.0 Å². The lowest BCUT2D eigenvalue weighted by atomic mass is 10.1. The number of hydrogen-bond acceptors (Lipinski definition) is 4. The number of benzene rings is 1. The first-order valence-electron chi connectivity index (χ1n) is 9.05. The van der Waals surface area contributed by atoms with Crippen LogP contribution in [0.1, 0.15) is 36.8 Å². The van der Waals surface area contributed by atoms with Gasteiger partial charge in [-0.1, -0.05) is 37.6 Å². The van der Waals surface area contributed by atoms with E-state index in [4.69, 9.17) is 16.6 Å². The van der Waals surface area contributed by atoms with Crippen molar-refractivity contribution < 1.29 is 4.79 Å². The Hall–Kier alpha value is -2.14. The fourth-order valence-corrected chi connectivity index (χ4v) is 3.19. The van der Waals surface area contributed by atoms with Crippen molar-refractivity contribution in [3.05, 3.63) is 52.4 Å². The molecule has 1 aromatic heterocycles. The van der Waals surface area contributed by atoms with Gasteiger partial charge < -0.3 is 9.80 Å². The Morgan fingerprint density at radius 3 is 2.38 bits per heavy atom. The van der Waals surface area contributed by atoms with E-state index in [1.807, 2.05) is 42.2 Å². The van der Waals surface area contributed by atoms with Gasteiger partial charge in [-0.2, -0.15) is 0 Å². The van der Waals surface area contributed by atoms with Gasteiger partial charge in [0.05, 0.1) is 6.42 Å². The summed E-state index contributed by atoms with van der Waals surface area (Å²) in [6.07, 6.45) is 0.418. The van der Waals surface area contributed by atoms with Gasteiger partial charge in [-0.3, -0.25) is 4.79 Å². The van der Waals surface area contributed by atoms with Gasteiger partial charge >= 0.3 is 0 Å². The maximum absolute atomic E-state index is 12.5. The second-order valence-corrected chi connectivity index (χ2v) is 7.49. The quantitative estimate of drug-likeness (QED) is 0.824. The van der Waals surface area contributed by atoms with E-state index < -0.39 is 0 Å². The average molecular weight is 373 g/mol. The van der Waals surface area contributed by atoms with Gasteiger partial charge in [0.2, 0.25) is 5.91 Å². The van der Waals surface area contributed by atoms with Gasteiger partial charge in [-0.25, -0.2) is 9.97 Å². The van der Waals surface area contributed by atoms with Gasteiger partial charge in [-0.05, 0) is 24.6 Å². The number of rotatable bonds is 4. The molecular formula is C20H25ClN4O. The molecule has 0 atom stereocenters. The number of aromatic nitrogens is 2. The highest BCUT2D eigenvalue weighted by molar-refractivity contribution is 6.30. The van der Waals surface area contributed by atoms with E-state index in [2.05, 4.69) is 23.7 Å². The fraction of sp³-hybridized carbons (Fsp3) is 0.450. The number of carbonyl (C=O) groups excluding carboxylic acids is 1. The average Bonchev–Trinajstić information content (AvgIpc) is 2.63. The smallest absolute Gasteiger partial charge is 0.227 e. The van der Waals surface area contributed by atoms with Crippen LogP contribution in [0.4, 0.5) is 5.82 Å². The number of piperazine rings is 1. The fourth-order valence-electron chi connectivity index (χ4n) is 3.07. The minimum absolute atomic E-state index is 0.161. The first-order chi connectivity index (χ1) is 12.4. The van der Waals surface area contributed by atoms with E-state index in [0.29, 0.717) is 30.5 Å². The number of anilines is 1. The molecule has 3 rings (SSSR count). The lowest BCUT2D eigenvalue weighted by Crippen LogP contribution is -2.49. The van der Waals surface area contributed by atoms with Crippen molar-refractivity contribution in [1.82, 2.24) is 14.9 Å². The number of nitrogens with zero attached hydrogens (tertiary/aromatic N) is 4. The molecule has 26 heavy (non-hydrogen) atoms. The number of halogens is 1. The molecule has 2 heterocycles. The molecular weight excluding hydrogens is 348 g/mol. The van der Waals surface area contributed by atoms with Gasteiger partial charge in [0.25, 0.3) is 0 Å². The maximum Gasteiger partial charge on any atom is 0.227 e. The molecule has 0 spiro atoms. The summed E-state index contributed by atoms with van der Waals surface area (Å²) in [5.74, 6) is 2.30. The molecule has 5 nitrogen and oxygen atoms in total. The largest absolute Gasteiger partial charge is 0.353 e. The van der Waals surface area contributed by atoms with Crippen molar-refractivity contribution >= 4 is 23.3 Å². The first-order valence-corrected chi connectivity index (χ1v) is 9.43. The number of amides is 1. The number of carbonyl (C=O) groups is 1. The van der Waals surface area contributed by atoms with Crippen molar-refractivity contribution in [2.75, 3.05) is 31.1 Å². The van der Waals surface area contributed by atoms with Crippen molar-refractivity contribution in [2.24, 2.45) is 0 Å². The van der Waals surface area contributed by atoms with Crippen molar-refractivity contribution in [2.45, 2.75) is 33.1 Å². The van der Waals surface area contributed by atoms with Crippen molar-refractivity contribution in [1.29, 1.82) is 0 Å². The monoisotopic (exact) mass is 372 g/mol. The van der Waals surface area contributed by atoms with E-state index in [-0.39, 0.29) is 5.91 Å². The Balaban J connectivity index is 1.60. The van der Waals surface area contributed by atoms with E-state index in [1.165, 1.54) is 0 Å². The first kappa shape index (κ1) is 18.6. The zero-order chi connectivity index (χ0) is 18.7. The van der Waals surface area contributed by atoms with Gasteiger partial charge in [-0.15, -0.1) is 0 Å². The van der Waals surface area contributed by atoms with Crippen LogP contribution in [-0.2, 0) is 11.2 Å². The topological polar surface area (TPSA) is 49.3 Å². The summed E-state index contributed by atoms with van der Waals surface area (Å²) in [7, 11) is 0. The summed E-state index contributed by atoms with van der Waals surface area (Å²) in [6, 6.07) is 9.50. The van der Waals surface area contributed by atoms with Crippen LogP contribution >= 0.6 is 11.6 Å². The van der Waals surface area contributed by atoms with Crippen LogP contribution in [0.25, 0.3) is 0 Å². The van der Waals surface area contributed by atoms with Crippen LogP contribution < -0.4 is 4.90 Å². The second-order valence-electron chi connectivity index (χ2n) is 7.05. The third-order valence-corrected chi connectivity index (χ3v) is 4.85. The molecule has 1 fully saturated rings. The zero-order valence-electron chi connectivity index (χ0n) is 15.6. The van der Waals surface area contributed by atoms with Crippen LogP contribution in [0.15, 0.2) is 30.3 Å². The van der Waals surface area contributed by atoms with Crippen LogP contribution in [0.5, 0.6) is 0 Å². The molecule has 0 radical (unpaired) electrons. The highest BCUT2D eigenvalue weighted by Gasteiger charge is 2.22. The van der Waals surface area contributed by atoms with Gasteiger partial charge in [0, 0.05) is 48.9 Å². The summed E-state index contributed by atoms with van der Waals surface area (Å²) in [5, 5.41) is 0.690. The molecule has 2 aromatic rings. The van der Waals surface area contributed by atoms with Gasteiger partial charge in [0.1, 0.15) is 11.6 Å². The lowest BCUT2D eigenvalue weighted by molar-refractivity contribution is -0.130. The Kier molecular flexibility index (Phi) is 5.77. The minimum Gasteiger partial charge on any atom is -0.353 e. The summed E-state index contributed by atoms with van der Waals surface area (Å²) < 4.78 is 0.